The molecule has 2 atom stereocenters. The Morgan fingerprint density at radius 3 is 2.71 bits per heavy atom. The van der Waals surface area contributed by atoms with Crippen molar-refractivity contribution in [2.24, 2.45) is 5.92 Å². The molecule has 0 saturated carbocycles. The molecule has 1 aromatic carbocycles. The van der Waals surface area contributed by atoms with Gasteiger partial charge in [-0.05, 0) is 53.0 Å². The van der Waals surface area contributed by atoms with Gasteiger partial charge in [0.05, 0.1) is 5.02 Å². The maximum atomic E-state index is 6.12. The Morgan fingerprint density at radius 2 is 2.18 bits per heavy atom. The van der Waals surface area contributed by atoms with Gasteiger partial charge in [-0.3, -0.25) is 0 Å². The molecule has 0 aromatic heterocycles. The number of ether oxygens (including phenoxy) is 1. The Labute approximate surface area is 117 Å². The molecule has 0 aliphatic rings. The largest absolute Gasteiger partial charge is 0.385 e. The molecule has 2 unspecified atom stereocenters. The summed E-state index contributed by atoms with van der Waals surface area (Å²) in [6.45, 7) is 3.00. The van der Waals surface area contributed by atoms with Crippen LogP contribution in [0.2, 0.25) is 5.02 Å². The average Bonchev–Trinajstić information content (AvgIpc) is 2.32. The summed E-state index contributed by atoms with van der Waals surface area (Å²) in [6.07, 6.45) is 1.02. The van der Waals surface area contributed by atoms with Gasteiger partial charge >= 0.3 is 0 Å². The number of hydrogen-bond donors (Lipinski definition) is 1. The van der Waals surface area contributed by atoms with Crippen LogP contribution in [-0.4, -0.2) is 20.8 Å². The Bertz CT molecular complexity index is 359. The average molecular weight is 321 g/mol. The third kappa shape index (κ3) is 4.25. The third-order valence-corrected chi connectivity index (χ3v) is 4.19. The van der Waals surface area contributed by atoms with E-state index in [0.717, 1.165) is 22.5 Å². The summed E-state index contributed by atoms with van der Waals surface area (Å²) in [7, 11) is 3.71. The van der Waals surface area contributed by atoms with Crippen molar-refractivity contribution in [2.75, 3.05) is 20.8 Å². The van der Waals surface area contributed by atoms with Crippen LogP contribution in [0.15, 0.2) is 22.7 Å². The van der Waals surface area contributed by atoms with Crippen LogP contribution in [0.25, 0.3) is 0 Å². The Hall–Kier alpha value is -0.0900. The van der Waals surface area contributed by atoms with Gasteiger partial charge < -0.3 is 10.1 Å². The first kappa shape index (κ1) is 15.0. The molecule has 2 nitrogen and oxygen atoms in total. The third-order valence-electron chi connectivity index (χ3n) is 2.96. The summed E-state index contributed by atoms with van der Waals surface area (Å²) >= 11 is 9.53. The summed E-state index contributed by atoms with van der Waals surface area (Å²) in [5.41, 5.74) is 1.21. The molecule has 4 heteroatoms. The predicted octanol–water partition coefficient (Wildman–Crippen LogP) is 4.04. The highest BCUT2D eigenvalue weighted by molar-refractivity contribution is 9.10. The van der Waals surface area contributed by atoms with E-state index in [9.17, 15) is 0 Å². The van der Waals surface area contributed by atoms with Crippen LogP contribution in [-0.2, 0) is 4.74 Å². The van der Waals surface area contributed by atoms with E-state index >= 15 is 0 Å². The number of halogens is 2. The van der Waals surface area contributed by atoms with Crippen LogP contribution in [0.1, 0.15) is 24.9 Å². The molecular formula is C13H19BrClNO. The second kappa shape index (κ2) is 7.37. The fourth-order valence-corrected chi connectivity index (χ4v) is 2.39. The quantitative estimate of drug-likeness (QED) is 0.854. The minimum atomic E-state index is 0.302. The Kier molecular flexibility index (Phi) is 6.49. The van der Waals surface area contributed by atoms with Gasteiger partial charge in [0.15, 0.2) is 0 Å². The highest BCUT2D eigenvalue weighted by atomic mass is 79.9. The number of nitrogens with one attached hydrogen (secondary N) is 1. The lowest BCUT2D eigenvalue weighted by Crippen LogP contribution is -2.24. The first-order chi connectivity index (χ1) is 8.10. The van der Waals surface area contributed by atoms with Crippen molar-refractivity contribution in [3.63, 3.8) is 0 Å². The zero-order valence-corrected chi connectivity index (χ0v) is 12.8. The van der Waals surface area contributed by atoms with E-state index in [1.807, 2.05) is 19.2 Å². The number of hydrogen-bond acceptors (Lipinski definition) is 2. The standard InChI is InChI=1S/C13H19BrClNO/c1-9(6-7-17-3)13(16-2)10-4-5-11(14)12(15)8-10/h4-5,8-9,13,16H,6-7H2,1-3H3. The first-order valence-electron chi connectivity index (χ1n) is 5.71. The van der Waals surface area contributed by atoms with Crippen molar-refractivity contribution in [3.8, 4) is 0 Å². The molecule has 0 spiro atoms. The molecule has 1 rings (SSSR count). The van der Waals surface area contributed by atoms with Gasteiger partial charge in [0, 0.05) is 24.2 Å². The smallest absolute Gasteiger partial charge is 0.0551 e. The molecular weight excluding hydrogens is 302 g/mol. The lowest BCUT2D eigenvalue weighted by atomic mass is 9.92. The van der Waals surface area contributed by atoms with Crippen LogP contribution in [0.3, 0.4) is 0 Å². The molecule has 0 amide bonds. The van der Waals surface area contributed by atoms with E-state index in [4.69, 9.17) is 16.3 Å². The Morgan fingerprint density at radius 1 is 1.47 bits per heavy atom. The molecule has 0 aliphatic carbocycles. The van der Waals surface area contributed by atoms with Gasteiger partial charge in [-0.25, -0.2) is 0 Å². The first-order valence-corrected chi connectivity index (χ1v) is 6.88. The molecule has 17 heavy (non-hydrogen) atoms. The summed E-state index contributed by atoms with van der Waals surface area (Å²) in [5.74, 6) is 0.497. The highest BCUT2D eigenvalue weighted by Crippen LogP contribution is 2.30. The second-order valence-electron chi connectivity index (χ2n) is 4.20. The monoisotopic (exact) mass is 319 g/mol. The van der Waals surface area contributed by atoms with Crippen molar-refractivity contribution in [3.05, 3.63) is 33.3 Å². The minimum absolute atomic E-state index is 0.302. The van der Waals surface area contributed by atoms with Gasteiger partial charge in [-0.2, -0.15) is 0 Å². The predicted molar refractivity (Wildman–Crippen MR) is 76.6 cm³/mol. The van der Waals surface area contributed by atoms with Crippen LogP contribution in [0.5, 0.6) is 0 Å². The summed E-state index contributed by atoms with van der Waals surface area (Å²) in [5, 5.41) is 4.10. The molecule has 0 heterocycles. The molecule has 0 bridgehead atoms. The van der Waals surface area contributed by atoms with Crippen LogP contribution >= 0.6 is 27.5 Å². The topological polar surface area (TPSA) is 21.3 Å². The summed E-state index contributed by atoms with van der Waals surface area (Å²) in [6, 6.07) is 6.40. The molecule has 96 valence electrons. The van der Waals surface area contributed by atoms with Crippen molar-refractivity contribution in [2.45, 2.75) is 19.4 Å². The molecule has 1 N–H and O–H groups in total. The van der Waals surface area contributed by atoms with Crippen LogP contribution in [0.4, 0.5) is 0 Å². The van der Waals surface area contributed by atoms with Crippen molar-refractivity contribution >= 4 is 27.5 Å². The molecule has 0 fully saturated rings. The summed E-state index contributed by atoms with van der Waals surface area (Å²) < 4.78 is 6.06. The lowest BCUT2D eigenvalue weighted by Gasteiger charge is -2.24. The fourth-order valence-electron chi connectivity index (χ4n) is 1.96. The number of methoxy groups -OCH3 is 1. The van der Waals surface area contributed by atoms with Gasteiger partial charge in [0.25, 0.3) is 0 Å². The van der Waals surface area contributed by atoms with Gasteiger partial charge in [0.1, 0.15) is 0 Å². The zero-order valence-electron chi connectivity index (χ0n) is 10.5. The zero-order chi connectivity index (χ0) is 12.8. The van der Waals surface area contributed by atoms with E-state index < -0.39 is 0 Å². The van der Waals surface area contributed by atoms with Gasteiger partial charge in [-0.1, -0.05) is 24.6 Å². The van der Waals surface area contributed by atoms with E-state index in [1.54, 1.807) is 7.11 Å². The van der Waals surface area contributed by atoms with Crippen LogP contribution in [0, 0.1) is 5.92 Å². The van der Waals surface area contributed by atoms with Crippen molar-refractivity contribution in [1.29, 1.82) is 0 Å². The van der Waals surface area contributed by atoms with E-state index in [1.165, 1.54) is 5.56 Å². The molecule has 1 aromatic rings. The minimum Gasteiger partial charge on any atom is -0.385 e. The van der Waals surface area contributed by atoms with Crippen molar-refractivity contribution < 1.29 is 4.74 Å². The van der Waals surface area contributed by atoms with Gasteiger partial charge in [-0.15, -0.1) is 0 Å². The molecule has 0 radical (unpaired) electrons. The SMILES string of the molecule is CNC(c1ccc(Br)c(Cl)c1)C(C)CCOC. The van der Waals surface area contributed by atoms with E-state index in [0.29, 0.717) is 12.0 Å². The van der Waals surface area contributed by atoms with Gasteiger partial charge in [0.2, 0.25) is 0 Å². The number of rotatable bonds is 6. The second-order valence-corrected chi connectivity index (χ2v) is 5.46. The van der Waals surface area contributed by atoms with E-state index in [-0.39, 0.29) is 0 Å². The van der Waals surface area contributed by atoms with E-state index in [2.05, 4.69) is 34.2 Å². The lowest BCUT2D eigenvalue weighted by molar-refractivity contribution is 0.171. The summed E-state index contributed by atoms with van der Waals surface area (Å²) in [4.78, 5) is 0. The Balaban J connectivity index is 2.81. The maximum absolute atomic E-state index is 6.12. The molecule has 0 aliphatic heterocycles. The number of benzene rings is 1. The normalized spacial score (nSPS) is 14.6. The molecule has 0 saturated heterocycles. The highest BCUT2D eigenvalue weighted by Gasteiger charge is 2.17. The van der Waals surface area contributed by atoms with Crippen LogP contribution < -0.4 is 5.32 Å². The van der Waals surface area contributed by atoms with Crippen molar-refractivity contribution in [1.82, 2.24) is 5.32 Å². The maximum Gasteiger partial charge on any atom is 0.0551 e. The fraction of sp³-hybridized carbons (Fsp3) is 0.538.